The zero-order valence-corrected chi connectivity index (χ0v) is 17.9. The predicted molar refractivity (Wildman–Crippen MR) is 121 cm³/mol. The molecule has 0 bridgehead atoms. The van der Waals surface area contributed by atoms with Crippen LogP contribution in [0.3, 0.4) is 0 Å². The average molecular weight is 428 g/mol. The molecule has 0 atom stereocenters. The highest BCUT2D eigenvalue weighted by Crippen LogP contribution is 2.23. The first-order chi connectivity index (χ1) is 15.6. The van der Waals surface area contributed by atoms with Gasteiger partial charge in [-0.2, -0.15) is 0 Å². The SMILES string of the molecule is CN1CCC(Oc2cccc(C(=O)Cc3cc4cc(-c5cnco5)ncc4cn3)c2)CC1. The molecular formula is C25H24N4O3. The summed E-state index contributed by atoms with van der Waals surface area (Å²) in [5.41, 5.74) is 2.03. The van der Waals surface area contributed by atoms with Crippen molar-refractivity contribution in [3.8, 4) is 17.2 Å². The number of carbonyl (C=O) groups excluding carboxylic acids is 1. The first-order valence-electron chi connectivity index (χ1n) is 10.8. The first kappa shape index (κ1) is 20.3. The van der Waals surface area contributed by atoms with Gasteiger partial charge in [0.15, 0.2) is 17.9 Å². The molecule has 4 aromatic rings. The van der Waals surface area contributed by atoms with Crippen LogP contribution >= 0.6 is 0 Å². The lowest BCUT2D eigenvalue weighted by atomic mass is 10.0. The Hall–Kier alpha value is -3.58. The second-order valence-electron chi connectivity index (χ2n) is 8.21. The lowest BCUT2D eigenvalue weighted by molar-refractivity contribution is 0.0988. The monoisotopic (exact) mass is 428 g/mol. The Morgan fingerprint density at radius 3 is 2.75 bits per heavy atom. The predicted octanol–water partition coefficient (Wildman–Crippen LogP) is 4.18. The molecule has 1 saturated heterocycles. The number of likely N-dealkylation sites (tertiary alicyclic amines) is 1. The average Bonchev–Trinajstić information content (AvgIpc) is 3.35. The number of piperidine rings is 1. The zero-order chi connectivity index (χ0) is 21.9. The summed E-state index contributed by atoms with van der Waals surface area (Å²) in [6, 6.07) is 11.3. The van der Waals surface area contributed by atoms with Gasteiger partial charge in [0, 0.05) is 42.1 Å². The number of pyridine rings is 2. The quantitative estimate of drug-likeness (QED) is 0.426. The van der Waals surface area contributed by atoms with E-state index in [-0.39, 0.29) is 18.3 Å². The number of carbonyl (C=O) groups is 1. The fourth-order valence-corrected chi connectivity index (χ4v) is 3.96. The molecule has 0 spiro atoms. The van der Waals surface area contributed by atoms with Gasteiger partial charge in [-0.15, -0.1) is 0 Å². The van der Waals surface area contributed by atoms with Gasteiger partial charge in [-0.25, -0.2) is 4.98 Å². The maximum absolute atomic E-state index is 13.0. The third-order valence-electron chi connectivity index (χ3n) is 5.81. The van der Waals surface area contributed by atoms with Gasteiger partial charge >= 0.3 is 0 Å². The van der Waals surface area contributed by atoms with Crippen molar-refractivity contribution in [2.45, 2.75) is 25.4 Å². The van der Waals surface area contributed by atoms with Crippen molar-refractivity contribution in [1.82, 2.24) is 19.9 Å². The Labute approximate surface area is 186 Å². The number of nitrogens with zero attached hydrogens (tertiary/aromatic N) is 4. The van der Waals surface area contributed by atoms with Crippen LogP contribution in [0.1, 0.15) is 28.9 Å². The van der Waals surface area contributed by atoms with Gasteiger partial charge in [0.2, 0.25) is 0 Å². The van der Waals surface area contributed by atoms with Gasteiger partial charge in [-0.3, -0.25) is 14.8 Å². The molecule has 7 heteroatoms. The Kier molecular flexibility index (Phi) is 5.64. The molecule has 5 rings (SSSR count). The van der Waals surface area contributed by atoms with Crippen LogP contribution < -0.4 is 4.74 Å². The summed E-state index contributed by atoms with van der Waals surface area (Å²) in [5.74, 6) is 1.36. The Morgan fingerprint density at radius 1 is 1.09 bits per heavy atom. The highest BCUT2D eigenvalue weighted by Gasteiger charge is 2.18. The van der Waals surface area contributed by atoms with Crippen LogP contribution in [0.2, 0.25) is 0 Å². The lowest BCUT2D eigenvalue weighted by Gasteiger charge is -2.29. The first-order valence-corrected chi connectivity index (χ1v) is 10.8. The summed E-state index contributed by atoms with van der Waals surface area (Å²) < 4.78 is 11.5. The molecule has 1 aliphatic heterocycles. The summed E-state index contributed by atoms with van der Waals surface area (Å²) in [6.07, 6.45) is 8.91. The summed E-state index contributed by atoms with van der Waals surface area (Å²) in [5, 5.41) is 1.85. The molecular weight excluding hydrogens is 404 g/mol. The van der Waals surface area contributed by atoms with E-state index >= 15 is 0 Å². The summed E-state index contributed by atoms with van der Waals surface area (Å²) in [4.78, 5) is 28.0. The van der Waals surface area contributed by atoms with Crippen LogP contribution in [0, 0.1) is 0 Å². The van der Waals surface area contributed by atoms with E-state index < -0.39 is 0 Å². The van der Waals surface area contributed by atoms with E-state index in [1.807, 2.05) is 36.4 Å². The number of rotatable bonds is 6. The molecule has 1 aliphatic rings. The van der Waals surface area contributed by atoms with E-state index in [9.17, 15) is 4.79 Å². The molecule has 3 aromatic heterocycles. The van der Waals surface area contributed by atoms with E-state index in [0.29, 0.717) is 22.7 Å². The molecule has 162 valence electrons. The second-order valence-corrected chi connectivity index (χ2v) is 8.21. The van der Waals surface area contributed by atoms with Crippen LogP contribution in [-0.2, 0) is 6.42 Å². The topological polar surface area (TPSA) is 81.4 Å². The summed E-state index contributed by atoms with van der Waals surface area (Å²) >= 11 is 0. The van der Waals surface area contributed by atoms with Crippen LogP contribution in [0.25, 0.3) is 22.2 Å². The van der Waals surface area contributed by atoms with Gasteiger partial charge in [0.05, 0.1) is 12.6 Å². The molecule has 4 heterocycles. The van der Waals surface area contributed by atoms with Gasteiger partial charge in [0.25, 0.3) is 0 Å². The third-order valence-corrected chi connectivity index (χ3v) is 5.81. The molecule has 0 N–H and O–H groups in total. The van der Waals surface area contributed by atoms with Crippen molar-refractivity contribution in [3.63, 3.8) is 0 Å². The van der Waals surface area contributed by atoms with Gasteiger partial charge < -0.3 is 14.1 Å². The summed E-state index contributed by atoms with van der Waals surface area (Å²) in [6.45, 7) is 2.06. The number of hydrogen-bond donors (Lipinski definition) is 0. The molecule has 0 radical (unpaired) electrons. The smallest absolute Gasteiger partial charge is 0.181 e. The molecule has 0 saturated carbocycles. The standard InChI is InChI=1S/C25H24N4O3/c1-29-7-5-21(6-8-29)32-22-4-2-3-17(10-22)24(30)12-20-9-18-11-23(25-15-26-16-31-25)28-14-19(18)13-27-20/h2-4,9-11,13-16,21H,5-8,12H2,1H3. The number of benzene rings is 1. The minimum Gasteiger partial charge on any atom is -0.490 e. The van der Waals surface area contributed by atoms with Crippen LogP contribution in [0.15, 0.2) is 65.8 Å². The third kappa shape index (κ3) is 4.53. The number of ketones is 1. The van der Waals surface area contributed by atoms with Crippen molar-refractivity contribution >= 4 is 16.6 Å². The molecule has 1 fully saturated rings. The maximum atomic E-state index is 13.0. The lowest BCUT2D eigenvalue weighted by Crippen LogP contribution is -2.35. The zero-order valence-electron chi connectivity index (χ0n) is 17.9. The molecule has 0 unspecified atom stereocenters. The van der Waals surface area contributed by atoms with Crippen molar-refractivity contribution < 1.29 is 13.9 Å². The van der Waals surface area contributed by atoms with E-state index in [4.69, 9.17) is 9.15 Å². The van der Waals surface area contributed by atoms with Gasteiger partial charge in [-0.1, -0.05) is 12.1 Å². The Bertz CT molecular complexity index is 1230. The number of ether oxygens (including phenoxy) is 1. The molecule has 7 nitrogen and oxygen atoms in total. The minimum atomic E-state index is 0.00944. The van der Waals surface area contributed by atoms with Crippen molar-refractivity contribution in [1.29, 1.82) is 0 Å². The maximum Gasteiger partial charge on any atom is 0.181 e. The largest absolute Gasteiger partial charge is 0.490 e. The fraction of sp³-hybridized carbons (Fsp3) is 0.280. The van der Waals surface area contributed by atoms with E-state index in [1.165, 1.54) is 6.39 Å². The number of fused-ring (bicyclic) bond motifs is 1. The van der Waals surface area contributed by atoms with E-state index in [2.05, 4.69) is 26.9 Å². The van der Waals surface area contributed by atoms with Crippen LogP contribution in [0.4, 0.5) is 0 Å². The number of Topliss-reactive ketones (excluding diaryl/α,β-unsaturated/α-hetero) is 1. The van der Waals surface area contributed by atoms with E-state index in [0.717, 1.165) is 42.5 Å². The summed E-state index contributed by atoms with van der Waals surface area (Å²) in [7, 11) is 2.13. The highest BCUT2D eigenvalue weighted by atomic mass is 16.5. The number of hydrogen-bond acceptors (Lipinski definition) is 7. The molecule has 0 amide bonds. The van der Waals surface area contributed by atoms with Crippen LogP contribution in [-0.4, -0.2) is 51.9 Å². The second kappa shape index (κ2) is 8.88. The number of oxazole rings is 1. The van der Waals surface area contributed by atoms with Crippen LogP contribution in [0.5, 0.6) is 5.75 Å². The Balaban J connectivity index is 1.31. The number of aromatic nitrogens is 3. The molecule has 1 aromatic carbocycles. The van der Waals surface area contributed by atoms with Crippen molar-refractivity contribution in [2.75, 3.05) is 20.1 Å². The highest BCUT2D eigenvalue weighted by molar-refractivity contribution is 5.98. The van der Waals surface area contributed by atoms with E-state index in [1.54, 1.807) is 18.6 Å². The normalized spacial score (nSPS) is 15.2. The molecule has 0 aliphatic carbocycles. The Morgan fingerprint density at radius 2 is 1.94 bits per heavy atom. The fourth-order valence-electron chi connectivity index (χ4n) is 3.96. The van der Waals surface area contributed by atoms with Crippen molar-refractivity contribution in [2.24, 2.45) is 0 Å². The minimum absolute atomic E-state index is 0.00944. The van der Waals surface area contributed by atoms with Gasteiger partial charge in [0.1, 0.15) is 17.5 Å². The molecule has 32 heavy (non-hydrogen) atoms. The van der Waals surface area contributed by atoms with Crippen molar-refractivity contribution in [3.05, 3.63) is 72.6 Å². The van der Waals surface area contributed by atoms with Gasteiger partial charge in [-0.05, 0) is 49.5 Å².